The number of carbonyl (C=O) groups excluding carboxylic acids is 1. The van der Waals surface area contributed by atoms with Crippen molar-refractivity contribution in [3.63, 3.8) is 0 Å². The molecule has 0 saturated heterocycles. The number of hydrogen-bond acceptors (Lipinski definition) is 8. The van der Waals surface area contributed by atoms with Gasteiger partial charge in [0.15, 0.2) is 16.7 Å². The van der Waals surface area contributed by atoms with Crippen molar-refractivity contribution in [3.8, 4) is 17.7 Å². The number of nitriles is 1. The molecule has 0 unspecified atom stereocenters. The first kappa shape index (κ1) is 20.8. The molecule has 3 heterocycles. The largest absolute Gasteiger partial charge is 0.461 e. The smallest absolute Gasteiger partial charge is 0.262 e. The highest BCUT2D eigenvalue weighted by Gasteiger charge is 2.21. The minimum Gasteiger partial charge on any atom is -0.461 e. The summed E-state index contributed by atoms with van der Waals surface area (Å²) in [6.45, 7) is 1.78. The minimum absolute atomic E-state index is 0.299. The van der Waals surface area contributed by atoms with Crippen LogP contribution in [0, 0.1) is 18.3 Å². The third-order valence-corrected chi connectivity index (χ3v) is 6.05. The first-order chi connectivity index (χ1) is 15.1. The van der Waals surface area contributed by atoms with Gasteiger partial charge in [-0.15, -0.1) is 23.1 Å². The van der Waals surface area contributed by atoms with Crippen LogP contribution in [0.5, 0.6) is 0 Å². The molecule has 0 saturated carbocycles. The Bertz CT molecular complexity index is 1260. The Morgan fingerprint density at radius 1 is 1.26 bits per heavy atom. The number of benzene rings is 1. The molecular formula is C22H17N5O2S2. The van der Waals surface area contributed by atoms with Crippen LogP contribution in [0.25, 0.3) is 11.6 Å². The SMILES string of the molecule is CSc1nc(-c2ccco2)nc(C)c1C(=O)Nc1ncc(Cc2ccc(C#N)cc2)s1. The number of aromatic nitrogens is 3. The van der Waals surface area contributed by atoms with Gasteiger partial charge in [0.1, 0.15) is 5.03 Å². The molecule has 9 heteroatoms. The van der Waals surface area contributed by atoms with Crippen LogP contribution in [0.1, 0.15) is 32.1 Å². The molecule has 154 valence electrons. The number of thioether (sulfide) groups is 1. The molecule has 3 aromatic heterocycles. The van der Waals surface area contributed by atoms with Gasteiger partial charge in [-0.3, -0.25) is 10.1 Å². The Hall–Kier alpha value is -3.48. The maximum absolute atomic E-state index is 13.0. The van der Waals surface area contributed by atoms with Gasteiger partial charge < -0.3 is 4.42 Å². The summed E-state index contributed by atoms with van der Waals surface area (Å²) in [4.78, 5) is 27.2. The van der Waals surface area contributed by atoms with Crippen molar-refractivity contribution in [1.82, 2.24) is 15.0 Å². The molecule has 31 heavy (non-hydrogen) atoms. The monoisotopic (exact) mass is 447 g/mol. The van der Waals surface area contributed by atoms with Crippen LogP contribution in [0.3, 0.4) is 0 Å². The summed E-state index contributed by atoms with van der Waals surface area (Å²) in [5, 5.41) is 12.9. The predicted octanol–water partition coefficient (Wildman–Crippen LogP) is 4.94. The summed E-state index contributed by atoms with van der Waals surface area (Å²) in [5.41, 5.74) is 2.69. The number of nitrogens with zero attached hydrogens (tertiary/aromatic N) is 4. The average molecular weight is 448 g/mol. The molecule has 4 aromatic rings. The molecule has 0 atom stereocenters. The highest BCUT2D eigenvalue weighted by atomic mass is 32.2. The third kappa shape index (κ3) is 4.66. The average Bonchev–Trinajstić information content (AvgIpc) is 3.46. The molecule has 0 aliphatic carbocycles. The van der Waals surface area contributed by atoms with Gasteiger partial charge >= 0.3 is 0 Å². The molecule has 0 radical (unpaired) electrons. The molecule has 0 aliphatic heterocycles. The van der Waals surface area contributed by atoms with Gasteiger partial charge in [0, 0.05) is 17.5 Å². The molecule has 4 rings (SSSR count). The van der Waals surface area contributed by atoms with Crippen molar-refractivity contribution in [3.05, 3.63) is 76.1 Å². The lowest BCUT2D eigenvalue weighted by atomic mass is 10.1. The van der Waals surface area contributed by atoms with E-state index in [4.69, 9.17) is 9.68 Å². The zero-order chi connectivity index (χ0) is 21.8. The molecule has 0 fully saturated rings. The Balaban J connectivity index is 1.51. The van der Waals surface area contributed by atoms with Gasteiger partial charge in [0.2, 0.25) is 0 Å². The molecule has 1 amide bonds. The van der Waals surface area contributed by atoms with Gasteiger partial charge in [-0.2, -0.15) is 5.26 Å². The number of amides is 1. The zero-order valence-electron chi connectivity index (χ0n) is 16.7. The summed E-state index contributed by atoms with van der Waals surface area (Å²) >= 11 is 2.79. The molecular weight excluding hydrogens is 430 g/mol. The van der Waals surface area contributed by atoms with Crippen molar-refractivity contribution in [2.24, 2.45) is 0 Å². The Morgan fingerprint density at radius 2 is 2.06 bits per heavy atom. The van der Waals surface area contributed by atoms with Gasteiger partial charge in [-0.05, 0) is 43.0 Å². The third-order valence-electron chi connectivity index (χ3n) is 4.45. The van der Waals surface area contributed by atoms with Crippen LogP contribution in [0.4, 0.5) is 5.13 Å². The van der Waals surface area contributed by atoms with Gasteiger partial charge in [0.25, 0.3) is 5.91 Å². The Morgan fingerprint density at radius 3 is 2.74 bits per heavy atom. The molecule has 7 nitrogen and oxygen atoms in total. The van der Waals surface area contributed by atoms with Crippen LogP contribution >= 0.6 is 23.1 Å². The van der Waals surface area contributed by atoms with Gasteiger partial charge in [0.05, 0.1) is 29.2 Å². The van der Waals surface area contributed by atoms with E-state index < -0.39 is 0 Å². The van der Waals surface area contributed by atoms with Crippen molar-refractivity contribution in [1.29, 1.82) is 5.26 Å². The minimum atomic E-state index is -0.299. The number of carbonyl (C=O) groups is 1. The van der Waals surface area contributed by atoms with Crippen LogP contribution in [-0.4, -0.2) is 27.1 Å². The zero-order valence-corrected chi connectivity index (χ0v) is 18.4. The Kier molecular flexibility index (Phi) is 6.11. The fraction of sp³-hybridized carbons (Fsp3) is 0.136. The summed E-state index contributed by atoms with van der Waals surface area (Å²) in [5.74, 6) is 0.701. The standard InChI is InChI=1S/C22H17N5O2S2/c1-13-18(21(30-2)26-19(25-13)17-4-3-9-29-17)20(28)27-22-24-12-16(31-22)10-14-5-7-15(11-23)8-6-14/h3-9,12H,10H2,1-2H3,(H,24,27,28). The highest BCUT2D eigenvalue weighted by molar-refractivity contribution is 7.98. The summed E-state index contributed by atoms with van der Waals surface area (Å²) < 4.78 is 5.38. The number of rotatable bonds is 6. The molecule has 1 aromatic carbocycles. The number of anilines is 1. The summed E-state index contributed by atoms with van der Waals surface area (Å²) in [6, 6.07) is 13.1. The summed E-state index contributed by atoms with van der Waals surface area (Å²) in [6.07, 6.45) is 5.85. The van der Waals surface area contributed by atoms with Crippen molar-refractivity contribution >= 4 is 34.1 Å². The lowest BCUT2D eigenvalue weighted by Crippen LogP contribution is -2.16. The van der Waals surface area contributed by atoms with Gasteiger partial charge in [-0.25, -0.2) is 15.0 Å². The lowest BCUT2D eigenvalue weighted by molar-refractivity contribution is 0.102. The van der Waals surface area contributed by atoms with Crippen LogP contribution < -0.4 is 5.32 Å². The number of hydrogen-bond donors (Lipinski definition) is 1. The maximum Gasteiger partial charge on any atom is 0.262 e. The second kappa shape index (κ2) is 9.12. The number of thiazole rings is 1. The first-order valence-electron chi connectivity index (χ1n) is 9.29. The number of nitrogens with one attached hydrogen (secondary N) is 1. The number of furan rings is 1. The fourth-order valence-corrected chi connectivity index (χ4v) is 4.44. The second-order valence-corrected chi connectivity index (χ2v) is 8.48. The predicted molar refractivity (Wildman–Crippen MR) is 120 cm³/mol. The van der Waals surface area contributed by atoms with Crippen molar-refractivity contribution < 1.29 is 9.21 Å². The van der Waals surface area contributed by atoms with Crippen LogP contribution in [-0.2, 0) is 6.42 Å². The maximum atomic E-state index is 13.0. The normalized spacial score (nSPS) is 10.6. The molecule has 0 spiro atoms. The van der Waals surface area contributed by atoms with E-state index in [0.717, 1.165) is 10.4 Å². The quantitative estimate of drug-likeness (QED) is 0.330. The first-order valence-corrected chi connectivity index (χ1v) is 11.3. The van der Waals surface area contributed by atoms with Crippen molar-refractivity contribution in [2.45, 2.75) is 18.4 Å². The molecule has 1 N–H and O–H groups in total. The van der Waals surface area contributed by atoms with E-state index in [-0.39, 0.29) is 5.91 Å². The van der Waals surface area contributed by atoms with Crippen LogP contribution in [0.2, 0.25) is 0 Å². The second-order valence-electron chi connectivity index (χ2n) is 6.57. The van der Waals surface area contributed by atoms with Gasteiger partial charge in [-0.1, -0.05) is 12.1 Å². The van der Waals surface area contributed by atoms with E-state index in [2.05, 4.69) is 26.3 Å². The van der Waals surface area contributed by atoms with E-state index >= 15 is 0 Å². The lowest BCUT2D eigenvalue weighted by Gasteiger charge is -2.10. The van der Waals surface area contributed by atoms with E-state index in [9.17, 15) is 4.79 Å². The van der Waals surface area contributed by atoms with E-state index in [1.165, 1.54) is 23.1 Å². The van der Waals surface area contributed by atoms with E-state index in [1.807, 2.05) is 18.4 Å². The Labute approximate surface area is 187 Å². The fourth-order valence-electron chi connectivity index (χ4n) is 2.98. The molecule has 0 bridgehead atoms. The highest BCUT2D eigenvalue weighted by Crippen LogP contribution is 2.27. The van der Waals surface area contributed by atoms with Crippen LogP contribution in [0.15, 0.2) is 58.3 Å². The topological polar surface area (TPSA) is 105 Å². The van der Waals surface area contributed by atoms with E-state index in [0.29, 0.717) is 45.0 Å². The summed E-state index contributed by atoms with van der Waals surface area (Å²) in [7, 11) is 0. The van der Waals surface area contributed by atoms with Crippen molar-refractivity contribution in [2.75, 3.05) is 11.6 Å². The molecule has 0 aliphatic rings. The van der Waals surface area contributed by atoms with E-state index in [1.54, 1.807) is 43.6 Å². The number of aryl methyl sites for hydroxylation is 1.